The summed E-state index contributed by atoms with van der Waals surface area (Å²) < 4.78 is 5.29. The van der Waals surface area contributed by atoms with Crippen LogP contribution in [0.25, 0.3) is 97.7 Å². The lowest BCUT2D eigenvalue weighted by Gasteiger charge is -2.29. The van der Waals surface area contributed by atoms with E-state index in [4.69, 9.17) is 0 Å². The minimum atomic E-state index is -0.118. The topological polar surface area (TPSA) is 15.3 Å². The molecule has 0 unspecified atom stereocenters. The molecule has 4 aromatic heterocycles. The van der Waals surface area contributed by atoms with Crippen molar-refractivity contribution in [2.24, 2.45) is 0 Å². The minimum Gasteiger partial charge on any atom is -0.308 e. The summed E-state index contributed by atoms with van der Waals surface area (Å²) in [5, 5.41) is 15.2. The van der Waals surface area contributed by atoms with Gasteiger partial charge >= 0.3 is 0 Å². The second kappa shape index (κ2) is 15.3. The van der Waals surface area contributed by atoms with Gasteiger partial charge in [0, 0.05) is 71.2 Å². The molecule has 0 aliphatic heterocycles. The predicted octanol–water partition coefficient (Wildman–Crippen LogP) is 19.8. The van der Waals surface area contributed by atoms with Crippen molar-refractivity contribution in [1.82, 2.24) is 8.80 Å². The summed E-state index contributed by atoms with van der Waals surface area (Å²) in [6.45, 7) is 14.1. The first kappa shape index (κ1) is 42.8. The number of anilines is 6. The zero-order valence-corrected chi connectivity index (χ0v) is 42.6. The molecular formula is C70H54N4. The molecule has 4 heteroatoms. The van der Waals surface area contributed by atoms with Gasteiger partial charge in [0.2, 0.25) is 0 Å². The fourth-order valence-electron chi connectivity index (χ4n) is 12.7. The van der Waals surface area contributed by atoms with Gasteiger partial charge in [-0.1, -0.05) is 163 Å². The van der Waals surface area contributed by atoms with Crippen LogP contribution < -0.4 is 9.80 Å². The largest absolute Gasteiger partial charge is 0.308 e. The number of fused-ring (bicyclic) bond motifs is 16. The highest BCUT2D eigenvalue weighted by Crippen LogP contribution is 2.55. The summed E-state index contributed by atoms with van der Waals surface area (Å²) in [4.78, 5) is 4.98. The van der Waals surface area contributed by atoms with Crippen molar-refractivity contribution < 1.29 is 0 Å². The van der Waals surface area contributed by atoms with Gasteiger partial charge in [-0.15, -0.1) is 0 Å². The van der Waals surface area contributed by atoms with Crippen molar-refractivity contribution in [1.29, 1.82) is 0 Å². The molecule has 0 radical (unpaired) electrons. The van der Waals surface area contributed by atoms with Gasteiger partial charge in [-0.05, 0) is 135 Å². The van der Waals surface area contributed by atoms with Crippen LogP contribution in [0.15, 0.2) is 218 Å². The Hall–Kier alpha value is -8.86. The van der Waals surface area contributed by atoms with Crippen LogP contribution in [-0.2, 0) is 10.8 Å². The van der Waals surface area contributed by atoms with Crippen molar-refractivity contribution in [2.45, 2.75) is 52.4 Å². The van der Waals surface area contributed by atoms with E-state index in [0.717, 1.165) is 22.7 Å². The van der Waals surface area contributed by atoms with Crippen LogP contribution in [0.3, 0.4) is 0 Å². The van der Waals surface area contributed by atoms with E-state index < -0.39 is 0 Å². The molecule has 0 aliphatic carbocycles. The van der Waals surface area contributed by atoms with Crippen molar-refractivity contribution in [3.05, 3.63) is 230 Å². The molecule has 0 saturated carbocycles. The summed E-state index contributed by atoms with van der Waals surface area (Å²) in [6, 6.07) is 81.6. The number of aromatic nitrogens is 2. The van der Waals surface area contributed by atoms with Crippen molar-refractivity contribution >= 4 is 132 Å². The first-order valence-electron chi connectivity index (χ1n) is 26.1. The maximum absolute atomic E-state index is 2.65. The van der Waals surface area contributed by atoms with Gasteiger partial charge in [0.05, 0.1) is 44.5 Å². The average molecular weight is 951 g/mol. The van der Waals surface area contributed by atoms with Crippen LogP contribution in [0.4, 0.5) is 34.1 Å². The monoisotopic (exact) mass is 950 g/mol. The molecule has 0 fully saturated rings. The normalized spacial score (nSPS) is 12.7. The van der Waals surface area contributed by atoms with Gasteiger partial charge in [0.25, 0.3) is 0 Å². The number of hydrogen-bond donors (Lipinski definition) is 0. The third-order valence-electron chi connectivity index (χ3n) is 16.1. The molecule has 0 N–H and O–H groups in total. The first-order valence-corrected chi connectivity index (χ1v) is 26.1. The fraction of sp³-hybridized carbons (Fsp3) is 0.114. The van der Waals surface area contributed by atoms with E-state index in [9.17, 15) is 0 Å². The molecule has 11 aromatic carbocycles. The lowest BCUT2D eigenvalue weighted by molar-refractivity contribution is 0.591. The molecule has 0 aliphatic rings. The molecule has 0 amide bonds. The van der Waals surface area contributed by atoms with E-state index >= 15 is 0 Å². The summed E-state index contributed by atoms with van der Waals surface area (Å²) in [6.07, 6.45) is 0. The Morgan fingerprint density at radius 2 is 0.703 bits per heavy atom. The quantitative estimate of drug-likeness (QED) is 0.165. The molecule has 0 bridgehead atoms. The molecule has 0 atom stereocenters. The summed E-state index contributed by atoms with van der Waals surface area (Å²) in [5.41, 5.74) is 16.6. The highest BCUT2D eigenvalue weighted by Gasteiger charge is 2.32. The van der Waals surface area contributed by atoms with Crippen LogP contribution in [0.1, 0.15) is 52.7 Å². The Morgan fingerprint density at radius 1 is 0.297 bits per heavy atom. The molecule has 4 nitrogen and oxygen atoms in total. The predicted molar refractivity (Wildman–Crippen MR) is 318 cm³/mol. The maximum atomic E-state index is 2.65. The van der Waals surface area contributed by atoms with Crippen LogP contribution in [-0.4, -0.2) is 8.80 Å². The fourth-order valence-corrected chi connectivity index (χ4v) is 12.7. The smallest absolute Gasteiger partial charge is 0.0789 e. The SMILES string of the molecule is CC(C)(C)c1cc(N(c2ccccc2)c2ccccc2)c2c(c1)c1cc(C(C)(C)C)cc3c4c5c6c7ccccc7cc7c8cc9ccccc9c(N(c9ccccc9)c9ccccc9)c8n(c5ccc4n2c13)c76. The molecule has 354 valence electrons. The van der Waals surface area contributed by atoms with Gasteiger partial charge in [-0.2, -0.15) is 0 Å². The Balaban J connectivity index is 1.19. The second-order valence-corrected chi connectivity index (χ2v) is 22.6. The lowest BCUT2D eigenvalue weighted by Crippen LogP contribution is -2.15. The van der Waals surface area contributed by atoms with Gasteiger partial charge in [0.1, 0.15) is 0 Å². The van der Waals surface area contributed by atoms with Gasteiger partial charge in [-0.25, -0.2) is 0 Å². The van der Waals surface area contributed by atoms with Crippen molar-refractivity contribution in [3.63, 3.8) is 0 Å². The van der Waals surface area contributed by atoms with E-state index in [1.54, 1.807) is 0 Å². The highest BCUT2D eigenvalue weighted by molar-refractivity contribution is 6.41. The van der Waals surface area contributed by atoms with E-state index in [-0.39, 0.29) is 10.8 Å². The van der Waals surface area contributed by atoms with Gasteiger partial charge < -0.3 is 18.6 Å². The average Bonchev–Trinajstić information content (AvgIpc) is 4.18. The third kappa shape index (κ3) is 5.97. The van der Waals surface area contributed by atoms with Crippen molar-refractivity contribution in [3.8, 4) is 0 Å². The molecule has 0 spiro atoms. The number of benzene rings is 11. The van der Waals surface area contributed by atoms with Crippen LogP contribution in [0.2, 0.25) is 0 Å². The first-order chi connectivity index (χ1) is 36.0. The van der Waals surface area contributed by atoms with Gasteiger partial charge in [-0.3, -0.25) is 0 Å². The number of nitrogens with zero attached hydrogens (tertiary/aromatic N) is 4. The zero-order chi connectivity index (χ0) is 49.8. The van der Waals surface area contributed by atoms with E-state index in [1.165, 1.54) is 120 Å². The lowest BCUT2D eigenvalue weighted by atomic mass is 9.83. The number of rotatable bonds is 6. The molecule has 15 aromatic rings. The van der Waals surface area contributed by atoms with Crippen molar-refractivity contribution in [2.75, 3.05) is 9.80 Å². The Morgan fingerprint density at radius 3 is 1.26 bits per heavy atom. The molecular weight excluding hydrogens is 897 g/mol. The van der Waals surface area contributed by atoms with Crippen LogP contribution in [0.5, 0.6) is 0 Å². The van der Waals surface area contributed by atoms with Crippen LogP contribution in [0, 0.1) is 0 Å². The Labute approximate surface area is 430 Å². The van der Waals surface area contributed by atoms with Crippen LogP contribution >= 0.6 is 0 Å². The molecule has 0 saturated heterocycles. The van der Waals surface area contributed by atoms with E-state index in [2.05, 4.69) is 279 Å². The number of hydrogen-bond acceptors (Lipinski definition) is 2. The van der Waals surface area contributed by atoms with E-state index in [0.29, 0.717) is 0 Å². The summed E-state index contributed by atoms with van der Waals surface area (Å²) in [7, 11) is 0. The highest BCUT2D eigenvalue weighted by atomic mass is 15.2. The summed E-state index contributed by atoms with van der Waals surface area (Å²) >= 11 is 0. The van der Waals surface area contributed by atoms with E-state index in [1.807, 2.05) is 0 Å². The molecule has 15 rings (SSSR count). The Bertz CT molecular complexity index is 4630. The zero-order valence-electron chi connectivity index (χ0n) is 42.6. The number of para-hydroxylation sites is 4. The summed E-state index contributed by atoms with van der Waals surface area (Å²) in [5.74, 6) is 0. The Kier molecular flexibility index (Phi) is 8.87. The van der Waals surface area contributed by atoms with Gasteiger partial charge in [0.15, 0.2) is 0 Å². The third-order valence-corrected chi connectivity index (χ3v) is 16.1. The minimum absolute atomic E-state index is 0.111. The molecule has 4 heterocycles. The maximum Gasteiger partial charge on any atom is 0.0789 e. The molecule has 74 heavy (non-hydrogen) atoms. The second-order valence-electron chi connectivity index (χ2n) is 22.6. The standard InChI is InChI=1S/C70H54N4/c1-69(2,3)45-39-55-56-40-46(70(4,5)6)42-60(71(47-25-11-7-12-26-47)48-27-13-8-14-28-48)65(56)73-58-35-36-59-63(61(58)57(41-45)64(55)73)62-51-33-21-19-23-43(51)37-53-54-38-44-24-20-22-34-52(44)67(68(54)74(59)66(53)62)72(49-29-15-9-16-30-49)50-31-17-10-18-32-50/h7-42H,1-6H3.